The van der Waals surface area contributed by atoms with Gasteiger partial charge in [0.1, 0.15) is 0 Å². The van der Waals surface area contributed by atoms with Crippen molar-refractivity contribution in [2.45, 2.75) is 32.4 Å². The van der Waals surface area contributed by atoms with Crippen LogP contribution in [-0.4, -0.2) is 18.9 Å². The molecule has 0 saturated carbocycles. The first-order chi connectivity index (χ1) is 9.41. The number of carbonyl (C=O) groups is 1. The number of benzene rings is 1. The topological polar surface area (TPSA) is 29.1 Å². The standard InChI is InChI=1S/C15H18F3NO/c1-2-14(8-5-9-19-10-14)13(20)11-6-3-4-7-12(11)15(16,17)18/h3-4,6-7,19H,2,5,8-10H2,1H3. The van der Waals surface area contributed by atoms with Crippen LogP contribution in [-0.2, 0) is 6.18 Å². The Bertz CT molecular complexity index is 490. The normalized spacial score (nSPS) is 23.6. The van der Waals surface area contributed by atoms with Crippen LogP contribution >= 0.6 is 0 Å². The molecule has 1 N–H and O–H groups in total. The van der Waals surface area contributed by atoms with Crippen molar-refractivity contribution in [3.05, 3.63) is 35.4 Å². The maximum atomic E-state index is 13.0. The van der Waals surface area contributed by atoms with E-state index >= 15 is 0 Å². The van der Waals surface area contributed by atoms with Crippen molar-refractivity contribution in [2.75, 3.05) is 13.1 Å². The van der Waals surface area contributed by atoms with Gasteiger partial charge in [-0.2, -0.15) is 13.2 Å². The predicted octanol–water partition coefficient (Wildman–Crippen LogP) is 3.67. The van der Waals surface area contributed by atoms with E-state index in [1.807, 2.05) is 6.92 Å². The molecule has 1 heterocycles. The Morgan fingerprint density at radius 1 is 1.35 bits per heavy atom. The molecular formula is C15H18F3NO. The molecule has 0 radical (unpaired) electrons. The summed E-state index contributed by atoms with van der Waals surface area (Å²) in [6.07, 6.45) is -2.50. The van der Waals surface area contributed by atoms with Crippen LogP contribution in [0.25, 0.3) is 0 Å². The highest BCUT2D eigenvalue weighted by molar-refractivity contribution is 6.02. The molecular weight excluding hydrogens is 267 g/mol. The Balaban J connectivity index is 2.43. The number of hydrogen-bond acceptors (Lipinski definition) is 2. The Hall–Kier alpha value is -1.36. The van der Waals surface area contributed by atoms with Crippen LogP contribution in [0.15, 0.2) is 24.3 Å². The van der Waals surface area contributed by atoms with E-state index < -0.39 is 17.2 Å². The molecule has 1 fully saturated rings. The summed E-state index contributed by atoms with van der Waals surface area (Å²) in [7, 11) is 0. The largest absolute Gasteiger partial charge is 0.417 e. The average molecular weight is 285 g/mol. The van der Waals surface area contributed by atoms with E-state index in [-0.39, 0.29) is 11.3 Å². The Kier molecular flexibility index (Phi) is 4.18. The summed E-state index contributed by atoms with van der Waals surface area (Å²) < 4.78 is 39.1. The van der Waals surface area contributed by atoms with Crippen molar-refractivity contribution in [1.29, 1.82) is 0 Å². The van der Waals surface area contributed by atoms with E-state index in [9.17, 15) is 18.0 Å². The van der Waals surface area contributed by atoms with Crippen LogP contribution in [0, 0.1) is 5.41 Å². The van der Waals surface area contributed by atoms with Crippen molar-refractivity contribution in [3.63, 3.8) is 0 Å². The van der Waals surface area contributed by atoms with Gasteiger partial charge in [0.2, 0.25) is 0 Å². The molecule has 20 heavy (non-hydrogen) atoms. The Labute approximate surface area is 116 Å². The lowest BCUT2D eigenvalue weighted by molar-refractivity contribution is -0.138. The molecule has 1 aliphatic rings. The molecule has 5 heteroatoms. The Morgan fingerprint density at radius 3 is 2.60 bits per heavy atom. The zero-order chi connectivity index (χ0) is 14.8. The predicted molar refractivity (Wildman–Crippen MR) is 70.6 cm³/mol. The van der Waals surface area contributed by atoms with Crippen LogP contribution < -0.4 is 5.32 Å². The highest BCUT2D eigenvalue weighted by atomic mass is 19.4. The van der Waals surface area contributed by atoms with Gasteiger partial charge >= 0.3 is 6.18 Å². The van der Waals surface area contributed by atoms with Crippen molar-refractivity contribution in [3.8, 4) is 0 Å². The molecule has 0 aromatic heterocycles. The number of rotatable bonds is 3. The summed E-state index contributed by atoms with van der Waals surface area (Å²) in [6, 6.07) is 5.07. The van der Waals surface area contributed by atoms with Gasteiger partial charge in [0, 0.05) is 17.5 Å². The second kappa shape index (κ2) is 5.56. The van der Waals surface area contributed by atoms with Gasteiger partial charge in [0.25, 0.3) is 0 Å². The summed E-state index contributed by atoms with van der Waals surface area (Å²) in [5, 5.41) is 3.13. The third-order valence-corrected chi connectivity index (χ3v) is 4.11. The number of alkyl halides is 3. The maximum Gasteiger partial charge on any atom is 0.417 e. The summed E-state index contributed by atoms with van der Waals surface area (Å²) >= 11 is 0. The monoisotopic (exact) mass is 285 g/mol. The SMILES string of the molecule is CCC1(C(=O)c2ccccc2C(F)(F)F)CCCNC1. The molecule has 1 aromatic carbocycles. The van der Waals surface area contributed by atoms with E-state index in [0.717, 1.165) is 19.0 Å². The number of hydrogen-bond donors (Lipinski definition) is 1. The van der Waals surface area contributed by atoms with E-state index in [1.165, 1.54) is 18.2 Å². The van der Waals surface area contributed by atoms with E-state index in [1.54, 1.807) is 0 Å². The fourth-order valence-electron chi connectivity index (χ4n) is 2.84. The minimum Gasteiger partial charge on any atom is -0.316 e. The first kappa shape index (κ1) is 15.0. The molecule has 1 unspecified atom stereocenters. The van der Waals surface area contributed by atoms with Gasteiger partial charge in [-0.15, -0.1) is 0 Å². The van der Waals surface area contributed by atoms with E-state index in [2.05, 4.69) is 5.32 Å². The molecule has 2 rings (SSSR count). The fraction of sp³-hybridized carbons (Fsp3) is 0.533. The molecule has 0 spiro atoms. The van der Waals surface area contributed by atoms with E-state index in [0.29, 0.717) is 19.4 Å². The molecule has 2 nitrogen and oxygen atoms in total. The van der Waals surface area contributed by atoms with Gasteiger partial charge in [0.15, 0.2) is 5.78 Å². The molecule has 1 aliphatic heterocycles. The number of carbonyl (C=O) groups excluding carboxylic acids is 1. The first-order valence-electron chi connectivity index (χ1n) is 6.82. The lowest BCUT2D eigenvalue weighted by atomic mass is 9.72. The highest BCUT2D eigenvalue weighted by Crippen LogP contribution is 2.38. The minimum atomic E-state index is -4.50. The Morgan fingerprint density at radius 2 is 2.05 bits per heavy atom. The van der Waals surface area contributed by atoms with Gasteiger partial charge in [0.05, 0.1) is 5.56 Å². The molecule has 1 saturated heterocycles. The second-order valence-electron chi connectivity index (χ2n) is 5.29. The third kappa shape index (κ3) is 2.73. The van der Waals surface area contributed by atoms with Crippen LogP contribution in [0.5, 0.6) is 0 Å². The summed E-state index contributed by atoms with van der Waals surface area (Å²) in [6.45, 7) is 3.13. The lowest BCUT2D eigenvalue weighted by Crippen LogP contribution is -2.45. The van der Waals surface area contributed by atoms with Crippen LogP contribution in [0.4, 0.5) is 13.2 Å². The van der Waals surface area contributed by atoms with Crippen molar-refractivity contribution < 1.29 is 18.0 Å². The minimum absolute atomic E-state index is 0.203. The number of nitrogens with one attached hydrogen (secondary N) is 1. The third-order valence-electron chi connectivity index (χ3n) is 4.11. The van der Waals surface area contributed by atoms with Crippen molar-refractivity contribution in [1.82, 2.24) is 5.32 Å². The van der Waals surface area contributed by atoms with Gasteiger partial charge in [-0.1, -0.05) is 25.1 Å². The molecule has 0 amide bonds. The van der Waals surface area contributed by atoms with Crippen LogP contribution in [0.1, 0.15) is 42.1 Å². The van der Waals surface area contributed by atoms with Crippen LogP contribution in [0.3, 0.4) is 0 Å². The fourth-order valence-corrected chi connectivity index (χ4v) is 2.84. The van der Waals surface area contributed by atoms with Crippen molar-refractivity contribution >= 4 is 5.78 Å². The number of piperidine rings is 1. The van der Waals surface area contributed by atoms with Crippen molar-refractivity contribution in [2.24, 2.45) is 5.41 Å². The molecule has 0 bridgehead atoms. The smallest absolute Gasteiger partial charge is 0.316 e. The van der Waals surface area contributed by atoms with Gasteiger partial charge in [-0.05, 0) is 31.9 Å². The zero-order valence-electron chi connectivity index (χ0n) is 11.4. The summed E-state index contributed by atoms with van der Waals surface area (Å²) in [5.41, 5.74) is -1.74. The molecule has 0 aliphatic carbocycles. The molecule has 1 aromatic rings. The van der Waals surface area contributed by atoms with E-state index in [4.69, 9.17) is 0 Å². The lowest BCUT2D eigenvalue weighted by Gasteiger charge is -2.36. The number of ketones is 1. The number of halogens is 3. The van der Waals surface area contributed by atoms with Gasteiger partial charge < -0.3 is 5.32 Å². The second-order valence-corrected chi connectivity index (χ2v) is 5.29. The zero-order valence-corrected chi connectivity index (χ0v) is 11.4. The highest BCUT2D eigenvalue weighted by Gasteiger charge is 2.42. The summed E-state index contributed by atoms with van der Waals surface area (Å²) in [4.78, 5) is 12.7. The maximum absolute atomic E-state index is 13.0. The quantitative estimate of drug-likeness (QED) is 0.859. The number of Topliss-reactive ketones (excluding diaryl/α,β-unsaturated/α-hetero) is 1. The summed E-state index contributed by atoms with van der Waals surface area (Å²) in [5.74, 6) is -0.389. The average Bonchev–Trinajstić information content (AvgIpc) is 2.46. The molecule has 110 valence electrons. The first-order valence-corrected chi connectivity index (χ1v) is 6.82. The van der Waals surface area contributed by atoms with Gasteiger partial charge in [-0.25, -0.2) is 0 Å². The molecule has 1 atom stereocenters. The van der Waals surface area contributed by atoms with Crippen LogP contribution in [0.2, 0.25) is 0 Å². The van der Waals surface area contributed by atoms with Gasteiger partial charge in [-0.3, -0.25) is 4.79 Å².